The third-order valence-corrected chi connectivity index (χ3v) is 4.56. The van der Waals surface area contributed by atoms with Gasteiger partial charge in [-0.2, -0.15) is 0 Å². The third kappa shape index (κ3) is 4.00. The van der Waals surface area contributed by atoms with Gasteiger partial charge in [-0.3, -0.25) is 9.59 Å². The summed E-state index contributed by atoms with van der Waals surface area (Å²) in [6.07, 6.45) is 0. The number of benzene rings is 2. The number of rotatable bonds is 5. The van der Waals surface area contributed by atoms with Gasteiger partial charge in [0, 0.05) is 11.9 Å². The molecule has 0 aliphatic carbocycles. The van der Waals surface area contributed by atoms with E-state index in [0.717, 1.165) is 17.5 Å². The molecule has 0 radical (unpaired) electrons. The van der Waals surface area contributed by atoms with Gasteiger partial charge < -0.3 is 14.6 Å². The van der Waals surface area contributed by atoms with Crippen LogP contribution in [-0.2, 0) is 4.79 Å². The fourth-order valence-corrected chi connectivity index (χ4v) is 3.05. The van der Waals surface area contributed by atoms with E-state index in [9.17, 15) is 18.4 Å². The number of amides is 2. The number of fused-ring (bicyclic) bond motifs is 1. The second-order valence-corrected chi connectivity index (χ2v) is 6.59. The molecule has 0 fully saturated rings. The number of nitrogens with one attached hydrogen (secondary N) is 1. The minimum absolute atomic E-state index is 0.0728. The molecule has 27 heavy (non-hydrogen) atoms. The Morgan fingerprint density at radius 2 is 1.81 bits per heavy atom. The summed E-state index contributed by atoms with van der Waals surface area (Å²) in [7, 11) is 0. The molecule has 3 aromatic rings. The number of nitrogens with zero attached hydrogens (tertiary/aromatic N) is 1. The summed E-state index contributed by atoms with van der Waals surface area (Å²) in [4.78, 5) is 26.1. The first-order valence-corrected chi connectivity index (χ1v) is 8.91. The van der Waals surface area contributed by atoms with Crippen LogP contribution in [0.4, 0.5) is 14.5 Å². The molecule has 2 amide bonds. The first-order chi connectivity index (χ1) is 12.9. The van der Waals surface area contributed by atoms with Gasteiger partial charge in [-0.05, 0) is 47.1 Å². The summed E-state index contributed by atoms with van der Waals surface area (Å²) < 4.78 is 33.6. The Morgan fingerprint density at radius 3 is 2.44 bits per heavy atom. The Kier molecular flexibility index (Phi) is 5.55. The van der Waals surface area contributed by atoms with E-state index >= 15 is 0 Å². The standard InChI is InChI=1S/C19H15BrF2N2O3/c1-2-24(10-16(25)23-17-13(21)7-4-8-14(17)22)19(26)15-9-11-5-3-6-12(20)18(11)27-15/h3-9H,2,10H2,1H3,(H,23,25). The molecule has 0 saturated heterocycles. The third-order valence-electron chi connectivity index (χ3n) is 3.94. The lowest BCUT2D eigenvalue weighted by Crippen LogP contribution is -2.38. The van der Waals surface area contributed by atoms with Gasteiger partial charge >= 0.3 is 0 Å². The van der Waals surface area contributed by atoms with E-state index in [1.165, 1.54) is 11.0 Å². The first kappa shape index (κ1) is 19.0. The maximum atomic E-state index is 13.7. The minimum atomic E-state index is -0.889. The second kappa shape index (κ2) is 7.87. The Bertz CT molecular complexity index is 999. The minimum Gasteiger partial charge on any atom is -0.450 e. The Hall–Kier alpha value is -2.74. The molecular formula is C19H15BrF2N2O3. The van der Waals surface area contributed by atoms with Crippen LogP contribution in [0.2, 0.25) is 0 Å². The van der Waals surface area contributed by atoms with Crippen LogP contribution >= 0.6 is 15.9 Å². The van der Waals surface area contributed by atoms with Crippen LogP contribution in [0, 0.1) is 11.6 Å². The summed E-state index contributed by atoms with van der Waals surface area (Å²) in [5.41, 5.74) is -0.0200. The average molecular weight is 437 g/mol. The van der Waals surface area contributed by atoms with Crippen LogP contribution < -0.4 is 5.32 Å². The lowest BCUT2D eigenvalue weighted by atomic mass is 10.2. The highest BCUT2D eigenvalue weighted by Gasteiger charge is 2.22. The van der Waals surface area contributed by atoms with Crippen molar-refractivity contribution in [3.05, 3.63) is 64.3 Å². The van der Waals surface area contributed by atoms with Gasteiger partial charge in [0.1, 0.15) is 29.4 Å². The molecule has 0 spiro atoms. The number of halogens is 3. The van der Waals surface area contributed by atoms with Gasteiger partial charge in [0.25, 0.3) is 5.91 Å². The van der Waals surface area contributed by atoms with E-state index in [0.29, 0.717) is 10.1 Å². The quantitative estimate of drug-likeness (QED) is 0.636. The molecular weight excluding hydrogens is 422 g/mol. The molecule has 5 nitrogen and oxygen atoms in total. The number of carbonyl (C=O) groups excluding carboxylic acids is 2. The highest BCUT2D eigenvalue weighted by Crippen LogP contribution is 2.27. The zero-order valence-electron chi connectivity index (χ0n) is 14.3. The van der Waals surface area contributed by atoms with Crippen LogP contribution in [0.1, 0.15) is 17.5 Å². The fraction of sp³-hybridized carbons (Fsp3) is 0.158. The van der Waals surface area contributed by atoms with Crippen molar-refractivity contribution in [2.75, 3.05) is 18.4 Å². The number of anilines is 1. The molecule has 0 bridgehead atoms. The Labute approximate surface area is 162 Å². The topological polar surface area (TPSA) is 62.6 Å². The molecule has 1 N–H and O–H groups in total. The average Bonchev–Trinajstić information content (AvgIpc) is 3.08. The molecule has 0 aliphatic rings. The lowest BCUT2D eigenvalue weighted by Gasteiger charge is -2.19. The number of furan rings is 1. The predicted octanol–water partition coefficient (Wildman–Crippen LogP) is 4.57. The summed E-state index contributed by atoms with van der Waals surface area (Å²) >= 11 is 3.35. The van der Waals surface area contributed by atoms with Crippen molar-refractivity contribution in [1.29, 1.82) is 0 Å². The number of carbonyl (C=O) groups is 2. The maximum Gasteiger partial charge on any atom is 0.290 e. The van der Waals surface area contributed by atoms with Crippen LogP contribution in [0.3, 0.4) is 0 Å². The molecule has 140 valence electrons. The summed E-state index contributed by atoms with van der Waals surface area (Å²) in [5.74, 6) is -2.92. The molecule has 0 unspecified atom stereocenters. The molecule has 1 heterocycles. The van der Waals surface area contributed by atoms with Crippen molar-refractivity contribution in [2.24, 2.45) is 0 Å². The van der Waals surface area contributed by atoms with E-state index in [-0.39, 0.29) is 18.8 Å². The second-order valence-electron chi connectivity index (χ2n) is 5.73. The van der Waals surface area contributed by atoms with Crippen LogP contribution in [-0.4, -0.2) is 29.8 Å². The Morgan fingerprint density at radius 1 is 1.15 bits per heavy atom. The number of likely N-dealkylation sites (N-methyl/N-ethyl adjacent to an activating group) is 1. The SMILES string of the molecule is CCN(CC(=O)Nc1c(F)cccc1F)C(=O)c1cc2cccc(Br)c2o1. The van der Waals surface area contributed by atoms with E-state index < -0.39 is 29.1 Å². The summed E-state index contributed by atoms with van der Waals surface area (Å²) in [5, 5.41) is 2.90. The van der Waals surface area contributed by atoms with Gasteiger partial charge in [0.05, 0.1) is 4.47 Å². The molecule has 0 saturated carbocycles. The first-order valence-electron chi connectivity index (χ1n) is 8.12. The van der Waals surface area contributed by atoms with Crippen LogP contribution in [0.15, 0.2) is 51.4 Å². The van der Waals surface area contributed by atoms with Crippen molar-refractivity contribution in [1.82, 2.24) is 4.90 Å². The normalized spacial score (nSPS) is 10.8. The van der Waals surface area contributed by atoms with Crippen LogP contribution in [0.25, 0.3) is 11.0 Å². The zero-order valence-corrected chi connectivity index (χ0v) is 15.8. The molecule has 3 rings (SSSR count). The molecule has 8 heteroatoms. The van der Waals surface area contributed by atoms with Gasteiger partial charge in [0.2, 0.25) is 5.91 Å². The van der Waals surface area contributed by atoms with Gasteiger partial charge in [-0.15, -0.1) is 0 Å². The number of hydrogen-bond donors (Lipinski definition) is 1. The molecule has 1 aromatic heterocycles. The monoisotopic (exact) mass is 436 g/mol. The van der Waals surface area contributed by atoms with Gasteiger partial charge in [0.15, 0.2) is 5.76 Å². The highest BCUT2D eigenvalue weighted by atomic mass is 79.9. The molecule has 0 atom stereocenters. The van der Waals surface area contributed by atoms with Crippen molar-refractivity contribution < 1.29 is 22.8 Å². The van der Waals surface area contributed by atoms with Crippen molar-refractivity contribution >= 4 is 44.4 Å². The van der Waals surface area contributed by atoms with E-state index in [1.54, 1.807) is 25.1 Å². The number of hydrogen-bond acceptors (Lipinski definition) is 3. The van der Waals surface area contributed by atoms with Gasteiger partial charge in [-0.1, -0.05) is 18.2 Å². The van der Waals surface area contributed by atoms with E-state index in [1.807, 2.05) is 6.07 Å². The van der Waals surface area contributed by atoms with E-state index in [2.05, 4.69) is 21.2 Å². The van der Waals surface area contributed by atoms with Crippen molar-refractivity contribution in [3.63, 3.8) is 0 Å². The molecule has 0 aliphatic heterocycles. The summed E-state index contributed by atoms with van der Waals surface area (Å²) in [6.45, 7) is 1.53. The highest BCUT2D eigenvalue weighted by molar-refractivity contribution is 9.10. The van der Waals surface area contributed by atoms with Gasteiger partial charge in [-0.25, -0.2) is 8.78 Å². The smallest absolute Gasteiger partial charge is 0.290 e. The molecule has 2 aromatic carbocycles. The van der Waals surface area contributed by atoms with Crippen LogP contribution in [0.5, 0.6) is 0 Å². The maximum absolute atomic E-state index is 13.7. The fourth-order valence-electron chi connectivity index (χ4n) is 2.59. The van der Waals surface area contributed by atoms with Crippen molar-refractivity contribution in [2.45, 2.75) is 6.92 Å². The predicted molar refractivity (Wildman–Crippen MR) is 100 cm³/mol. The van der Waals surface area contributed by atoms with E-state index in [4.69, 9.17) is 4.42 Å². The summed E-state index contributed by atoms with van der Waals surface area (Å²) in [6, 6.07) is 10.2. The number of para-hydroxylation sites is 2. The van der Waals surface area contributed by atoms with Crippen molar-refractivity contribution in [3.8, 4) is 0 Å². The Balaban J connectivity index is 1.76. The lowest BCUT2D eigenvalue weighted by molar-refractivity contribution is -0.116. The zero-order chi connectivity index (χ0) is 19.6. The largest absolute Gasteiger partial charge is 0.450 e.